The number of rotatable bonds is 1. The van der Waals surface area contributed by atoms with Gasteiger partial charge in [0.05, 0.1) is 24.1 Å². The molecule has 3 rings (SSSR count). The van der Waals surface area contributed by atoms with Gasteiger partial charge in [-0.3, -0.25) is 4.98 Å². The summed E-state index contributed by atoms with van der Waals surface area (Å²) in [6, 6.07) is 0. The normalized spacial score (nSPS) is 21.4. The Morgan fingerprint density at radius 3 is 2.60 bits per heavy atom. The average Bonchev–Trinajstić information content (AvgIpc) is 2.67. The van der Waals surface area contributed by atoms with E-state index in [1.807, 2.05) is 13.1 Å². The summed E-state index contributed by atoms with van der Waals surface area (Å²) in [5.74, 6) is 0. The molecule has 1 spiro atoms. The fourth-order valence-corrected chi connectivity index (χ4v) is 3.20. The van der Waals surface area contributed by atoms with Crippen molar-refractivity contribution < 1.29 is 9.53 Å². The average molecular weight is 276 g/mol. The van der Waals surface area contributed by atoms with Gasteiger partial charge < -0.3 is 20.3 Å². The van der Waals surface area contributed by atoms with Gasteiger partial charge in [0.15, 0.2) is 0 Å². The summed E-state index contributed by atoms with van der Waals surface area (Å²) in [4.78, 5) is 19.6. The van der Waals surface area contributed by atoms with Crippen LogP contribution in [0.2, 0.25) is 0 Å². The van der Waals surface area contributed by atoms with Crippen LogP contribution in [0.5, 0.6) is 0 Å². The van der Waals surface area contributed by atoms with Crippen LogP contribution < -0.4 is 10.6 Å². The summed E-state index contributed by atoms with van der Waals surface area (Å²) >= 11 is 0. The van der Waals surface area contributed by atoms with Crippen LogP contribution in [0.3, 0.4) is 0 Å². The molecule has 3 heterocycles. The van der Waals surface area contributed by atoms with E-state index in [0.29, 0.717) is 12.2 Å². The Hall–Kier alpha value is -1.98. The minimum Gasteiger partial charge on any atom is -0.441 e. The predicted molar refractivity (Wildman–Crippen MR) is 76.7 cm³/mol. The molecule has 2 N–H and O–H groups in total. The molecule has 0 saturated carbocycles. The number of amides is 1. The molecule has 108 valence electrons. The van der Waals surface area contributed by atoms with E-state index in [2.05, 4.69) is 9.88 Å². The van der Waals surface area contributed by atoms with Crippen molar-refractivity contribution in [1.82, 2.24) is 9.88 Å². The van der Waals surface area contributed by atoms with Crippen molar-refractivity contribution in [3.8, 4) is 0 Å². The van der Waals surface area contributed by atoms with Crippen LogP contribution in [-0.4, -0.2) is 48.3 Å². The molecule has 6 heteroatoms. The molecule has 0 atom stereocenters. The van der Waals surface area contributed by atoms with E-state index in [-0.39, 0.29) is 11.7 Å². The lowest BCUT2D eigenvalue weighted by molar-refractivity contribution is 0.0367. The fourth-order valence-electron chi connectivity index (χ4n) is 3.20. The summed E-state index contributed by atoms with van der Waals surface area (Å²) in [6.45, 7) is 4.39. The highest BCUT2D eigenvalue weighted by atomic mass is 16.6. The summed E-state index contributed by atoms with van der Waals surface area (Å²) in [5.41, 5.74) is 8.59. The number of piperidine rings is 1. The van der Waals surface area contributed by atoms with E-state index in [9.17, 15) is 4.79 Å². The van der Waals surface area contributed by atoms with Crippen LogP contribution in [0.15, 0.2) is 12.4 Å². The molecule has 6 nitrogen and oxygen atoms in total. The second-order valence-corrected chi connectivity index (χ2v) is 5.79. The van der Waals surface area contributed by atoms with Gasteiger partial charge in [-0.25, -0.2) is 4.79 Å². The minimum atomic E-state index is -0.308. The van der Waals surface area contributed by atoms with E-state index < -0.39 is 0 Å². The van der Waals surface area contributed by atoms with Crippen LogP contribution in [0.1, 0.15) is 18.4 Å². The number of likely N-dealkylation sites (N-methyl/N-ethyl adjacent to an activating group) is 1. The molecule has 2 saturated heterocycles. The lowest BCUT2D eigenvalue weighted by Crippen LogP contribution is -2.47. The van der Waals surface area contributed by atoms with Gasteiger partial charge in [-0.05, 0) is 12.5 Å². The molecular formula is C14H20N4O2. The van der Waals surface area contributed by atoms with Crippen molar-refractivity contribution in [2.45, 2.75) is 25.4 Å². The van der Waals surface area contributed by atoms with Crippen molar-refractivity contribution in [3.05, 3.63) is 18.0 Å². The summed E-state index contributed by atoms with van der Waals surface area (Å²) < 4.78 is 5.56. The number of anilines is 2. The number of hydrogen-bond donors (Lipinski definition) is 1. The lowest BCUT2D eigenvalue weighted by atomic mass is 9.91. The zero-order chi connectivity index (χ0) is 14.3. The van der Waals surface area contributed by atoms with Crippen molar-refractivity contribution in [2.24, 2.45) is 0 Å². The second kappa shape index (κ2) is 4.54. The van der Waals surface area contributed by atoms with Gasteiger partial charge in [0.1, 0.15) is 5.60 Å². The molecule has 0 aromatic carbocycles. The highest BCUT2D eigenvalue weighted by Gasteiger charge is 2.45. The number of nitrogen functional groups attached to an aromatic ring is 1. The van der Waals surface area contributed by atoms with Crippen molar-refractivity contribution in [1.29, 1.82) is 0 Å². The van der Waals surface area contributed by atoms with E-state index in [4.69, 9.17) is 10.5 Å². The van der Waals surface area contributed by atoms with E-state index in [1.165, 1.54) is 0 Å². The van der Waals surface area contributed by atoms with Gasteiger partial charge in [0.2, 0.25) is 0 Å². The Labute approximate surface area is 118 Å². The molecule has 0 radical (unpaired) electrons. The van der Waals surface area contributed by atoms with Gasteiger partial charge in [0.25, 0.3) is 0 Å². The Morgan fingerprint density at radius 1 is 1.35 bits per heavy atom. The largest absolute Gasteiger partial charge is 0.441 e. The number of carbonyl (C=O) groups is 1. The third-order valence-electron chi connectivity index (χ3n) is 4.26. The highest BCUT2D eigenvalue weighted by molar-refractivity contribution is 5.72. The standard InChI is InChI=1S/C14H20N4O2/c1-10-7-16-8-11(15)12(10)18-5-3-14(4-6-18)9-17(2)13(19)20-14/h7-8H,3-6,9,15H2,1-2H3. The van der Waals surface area contributed by atoms with Crippen LogP contribution in [0, 0.1) is 6.92 Å². The van der Waals surface area contributed by atoms with Crippen LogP contribution >= 0.6 is 0 Å². The van der Waals surface area contributed by atoms with Crippen LogP contribution in [0.25, 0.3) is 0 Å². The molecule has 2 aliphatic rings. The maximum Gasteiger partial charge on any atom is 0.410 e. The minimum absolute atomic E-state index is 0.210. The Kier molecular flexibility index (Phi) is 2.96. The van der Waals surface area contributed by atoms with E-state index >= 15 is 0 Å². The predicted octanol–water partition coefficient (Wildman–Crippen LogP) is 1.39. The molecule has 2 aliphatic heterocycles. The molecule has 1 aromatic rings. The van der Waals surface area contributed by atoms with Crippen molar-refractivity contribution in [2.75, 3.05) is 37.3 Å². The summed E-state index contributed by atoms with van der Waals surface area (Å²) in [5, 5.41) is 0. The number of ether oxygens (including phenoxy) is 1. The number of hydrogen-bond acceptors (Lipinski definition) is 5. The second-order valence-electron chi connectivity index (χ2n) is 5.79. The third kappa shape index (κ3) is 2.05. The number of nitrogens with two attached hydrogens (primary N) is 1. The first kappa shape index (κ1) is 13.0. The van der Waals surface area contributed by atoms with E-state index in [1.54, 1.807) is 18.1 Å². The smallest absolute Gasteiger partial charge is 0.410 e. The maximum absolute atomic E-state index is 11.6. The molecule has 0 bridgehead atoms. The number of aryl methyl sites for hydroxylation is 1. The number of carbonyl (C=O) groups excluding carboxylic acids is 1. The zero-order valence-corrected chi connectivity index (χ0v) is 11.9. The van der Waals surface area contributed by atoms with Crippen LogP contribution in [-0.2, 0) is 4.74 Å². The molecule has 0 unspecified atom stereocenters. The molecule has 2 fully saturated rings. The van der Waals surface area contributed by atoms with Crippen molar-refractivity contribution >= 4 is 17.5 Å². The molecule has 1 aromatic heterocycles. The topological polar surface area (TPSA) is 71.7 Å². The summed E-state index contributed by atoms with van der Waals surface area (Å²) in [7, 11) is 1.79. The molecule has 1 amide bonds. The van der Waals surface area contributed by atoms with E-state index in [0.717, 1.165) is 37.2 Å². The third-order valence-corrected chi connectivity index (χ3v) is 4.26. The lowest BCUT2D eigenvalue weighted by Gasteiger charge is -2.39. The molecule has 20 heavy (non-hydrogen) atoms. The van der Waals surface area contributed by atoms with Gasteiger partial charge in [0, 0.05) is 39.2 Å². The Morgan fingerprint density at radius 2 is 2.05 bits per heavy atom. The van der Waals surface area contributed by atoms with Gasteiger partial charge in [-0.2, -0.15) is 0 Å². The monoisotopic (exact) mass is 276 g/mol. The number of pyridine rings is 1. The summed E-state index contributed by atoms with van der Waals surface area (Å²) in [6.07, 6.45) is 4.99. The molecule has 0 aliphatic carbocycles. The fraction of sp³-hybridized carbons (Fsp3) is 0.571. The van der Waals surface area contributed by atoms with Crippen LogP contribution in [0.4, 0.5) is 16.2 Å². The maximum atomic E-state index is 11.6. The first-order chi connectivity index (χ1) is 9.51. The van der Waals surface area contributed by atoms with Crippen molar-refractivity contribution in [3.63, 3.8) is 0 Å². The Bertz CT molecular complexity index is 518. The first-order valence-electron chi connectivity index (χ1n) is 6.90. The van der Waals surface area contributed by atoms with Gasteiger partial charge in [-0.1, -0.05) is 0 Å². The highest BCUT2D eigenvalue weighted by Crippen LogP contribution is 2.36. The SMILES string of the molecule is Cc1cncc(N)c1N1CCC2(CC1)CN(C)C(=O)O2. The zero-order valence-electron chi connectivity index (χ0n) is 11.9. The first-order valence-corrected chi connectivity index (χ1v) is 6.90. The number of aromatic nitrogens is 1. The molecular weight excluding hydrogens is 256 g/mol. The number of nitrogens with zero attached hydrogens (tertiary/aromatic N) is 3. The van der Waals surface area contributed by atoms with Gasteiger partial charge >= 0.3 is 6.09 Å². The quantitative estimate of drug-likeness (QED) is 0.839. The Balaban J connectivity index is 1.75. The van der Waals surface area contributed by atoms with Gasteiger partial charge in [-0.15, -0.1) is 0 Å².